The quantitative estimate of drug-likeness (QED) is 0.822. The van der Waals surface area contributed by atoms with Crippen molar-refractivity contribution in [3.63, 3.8) is 0 Å². The summed E-state index contributed by atoms with van der Waals surface area (Å²) in [5.74, 6) is -1.33. The van der Waals surface area contributed by atoms with Gasteiger partial charge in [0.2, 0.25) is 11.8 Å². The summed E-state index contributed by atoms with van der Waals surface area (Å²) in [5, 5.41) is 5.31. The van der Waals surface area contributed by atoms with Crippen LogP contribution in [0.25, 0.3) is 0 Å². The highest BCUT2D eigenvalue weighted by molar-refractivity contribution is 6.16. The van der Waals surface area contributed by atoms with Gasteiger partial charge in [0.25, 0.3) is 0 Å². The summed E-state index contributed by atoms with van der Waals surface area (Å²) in [7, 11) is 0. The molecule has 24 heavy (non-hydrogen) atoms. The van der Waals surface area contributed by atoms with Crippen molar-refractivity contribution in [2.45, 2.75) is 26.2 Å². The minimum absolute atomic E-state index is 0.0915. The number of hydrogen-bond donors (Lipinski definition) is 2. The van der Waals surface area contributed by atoms with Gasteiger partial charge in [-0.15, -0.1) is 0 Å². The number of anilines is 2. The Morgan fingerprint density at radius 2 is 1.62 bits per heavy atom. The number of aryl methyl sites for hydroxylation is 1. The minimum Gasteiger partial charge on any atom is -0.325 e. The zero-order chi connectivity index (χ0) is 17.2. The number of benzene rings is 2. The molecule has 0 heterocycles. The Labute approximate surface area is 140 Å². The molecular weight excluding hydrogens is 307 g/mol. The summed E-state index contributed by atoms with van der Waals surface area (Å²) < 4.78 is 13.7. The van der Waals surface area contributed by atoms with Gasteiger partial charge in [0.05, 0.1) is 5.69 Å². The molecule has 2 aromatic carbocycles. The van der Waals surface area contributed by atoms with Crippen LogP contribution >= 0.6 is 0 Å². The highest BCUT2D eigenvalue weighted by atomic mass is 19.1. The zero-order valence-electron chi connectivity index (χ0n) is 13.4. The molecule has 1 fully saturated rings. The number of rotatable bonds is 5. The monoisotopic (exact) mass is 326 g/mol. The fraction of sp³-hybridized carbons (Fsp3) is 0.263. The Kier molecular flexibility index (Phi) is 4.34. The molecule has 0 aliphatic heterocycles. The van der Waals surface area contributed by atoms with Crippen molar-refractivity contribution >= 4 is 23.2 Å². The first-order valence-electron chi connectivity index (χ1n) is 8.01. The number of halogens is 1. The Morgan fingerprint density at radius 1 is 1.00 bits per heavy atom. The molecule has 0 bridgehead atoms. The molecule has 0 atom stereocenters. The summed E-state index contributed by atoms with van der Waals surface area (Å²) in [6.07, 6.45) is 1.85. The third-order valence-corrected chi connectivity index (χ3v) is 4.36. The van der Waals surface area contributed by atoms with Gasteiger partial charge in [0.15, 0.2) is 0 Å². The van der Waals surface area contributed by atoms with Crippen molar-refractivity contribution in [2.24, 2.45) is 5.41 Å². The average molecular weight is 326 g/mol. The Balaban J connectivity index is 1.69. The molecule has 1 aliphatic rings. The lowest BCUT2D eigenvalue weighted by atomic mass is 10.0. The average Bonchev–Trinajstić information content (AvgIpc) is 3.39. The Morgan fingerprint density at radius 3 is 2.21 bits per heavy atom. The maximum atomic E-state index is 13.7. The van der Waals surface area contributed by atoms with E-state index in [0.29, 0.717) is 18.5 Å². The van der Waals surface area contributed by atoms with E-state index in [9.17, 15) is 14.0 Å². The van der Waals surface area contributed by atoms with Crippen LogP contribution in [0.3, 0.4) is 0 Å². The molecule has 1 saturated carbocycles. The second-order valence-electron chi connectivity index (χ2n) is 6.02. The molecule has 0 aromatic heterocycles. The van der Waals surface area contributed by atoms with Gasteiger partial charge in [-0.2, -0.15) is 0 Å². The van der Waals surface area contributed by atoms with Crippen LogP contribution in [0.15, 0.2) is 48.5 Å². The molecule has 4 nitrogen and oxygen atoms in total. The van der Waals surface area contributed by atoms with Crippen molar-refractivity contribution in [2.75, 3.05) is 10.6 Å². The van der Waals surface area contributed by atoms with Crippen LogP contribution in [0.2, 0.25) is 0 Å². The van der Waals surface area contributed by atoms with Crippen molar-refractivity contribution in [3.8, 4) is 0 Å². The summed E-state index contributed by atoms with van der Waals surface area (Å²) in [4.78, 5) is 24.9. The molecule has 2 aromatic rings. The number of nitrogens with one attached hydrogen (secondary N) is 2. The molecule has 2 amide bonds. The lowest BCUT2D eigenvalue weighted by Gasteiger charge is -2.16. The van der Waals surface area contributed by atoms with E-state index in [2.05, 4.69) is 17.6 Å². The van der Waals surface area contributed by atoms with Crippen LogP contribution in [0.5, 0.6) is 0 Å². The van der Waals surface area contributed by atoms with E-state index in [4.69, 9.17) is 0 Å². The van der Waals surface area contributed by atoms with E-state index in [-0.39, 0.29) is 11.6 Å². The highest BCUT2D eigenvalue weighted by Crippen LogP contribution is 2.47. The van der Waals surface area contributed by atoms with Gasteiger partial charge in [-0.3, -0.25) is 9.59 Å². The lowest BCUT2D eigenvalue weighted by Crippen LogP contribution is -2.35. The van der Waals surface area contributed by atoms with Gasteiger partial charge in [-0.05, 0) is 49.1 Å². The Bertz CT molecular complexity index is 767. The molecule has 0 radical (unpaired) electrons. The fourth-order valence-electron chi connectivity index (χ4n) is 2.56. The van der Waals surface area contributed by atoms with Crippen LogP contribution in [-0.2, 0) is 16.0 Å². The second-order valence-corrected chi connectivity index (χ2v) is 6.02. The number of carbonyl (C=O) groups excluding carboxylic acids is 2. The van der Waals surface area contributed by atoms with Crippen molar-refractivity contribution < 1.29 is 14.0 Å². The van der Waals surface area contributed by atoms with E-state index in [1.54, 1.807) is 12.1 Å². The third kappa shape index (κ3) is 3.15. The molecule has 1 aliphatic carbocycles. The first kappa shape index (κ1) is 16.2. The van der Waals surface area contributed by atoms with Crippen LogP contribution < -0.4 is 10.6 Å². The Hall–Kier alpha value is -2.69. The predicted octanol–water partition coefficient (Wildman–Crippen LogP) is 3.75. The van der Waals surface area contributed by atoms with E-state index in [1.807, 2.05) is 24.3 Å². The normalized spacial score (nSPS) is 14.8. The van der Waals surface area contributed by atoms with Crippen molar-refractivity contribution in [3.05, 3.63) is 59.9 Å². The van der Waals surface area contributed by atoms with Crippen LogP contribution in [-0.4, -0.2) is 11.8 Å². The van der Waals surface area contributed by atoms with Crippen LogP contribution in [0.4, 0.5) is 15.8 Å². The van der Waals surface area contributed by atoms with Crippen molar-refractivity contribution in [1.82, 2.24) is 0 Å². The molecule has 0 unspecified atom stereocenters. The molecular formula is C19H19FN2O2. The maximum Gasteiger partial charge on any atom is 0.240 e. The van der Waals surface area contributed by atoms with Crippen molar-refractivity contribution in [1.29, 1.82) is 0 Å². The van der Waals surface area contributed by atoms with Gasteiger partial charge >= 0.3 is 0 Å². The van der Waals surface area contributed by atoms with Crippen LogP contribution in [0.1, 0.15) is 25.3 Å². The smallest absolute Gasteiger partial charge is 0.240 e. The summed E-state index contributed by atoms with van der Waals surface area (Å²) >= 11 is 0. The molecule has 124 valence electrons. The first-order valence-corrected chi connectivity index (χ1v) is 8.01. The number of para-hydroxylation sites is 1. The second kappa shape index (κ2) is 6.43. The molecule has 2 N–H and O–H groups in total. The number of carbonyl (C=O) groups is 2. The highest BCUT2D eigenvalue weighted by Gasteiger charge is 2.56. The van der Waals surface area contributed by atoms with Gasteiger partial charge in [0.1, 0.15) is 11.2 Å². The lowest BCUT2D eigenvalue weighted by molar-refractivity contribution is -0.131. The SMILES string of the molecule is CCc1ccc(NC(=O)C2(C(=O)Nc3ccccc3F)CC2)cc1. The topological polar surface area (TPSA) is 58.2 Å². The molecule has 0 saturated heterocycles. The summed E-state index contributed by atoms with van der Waals surface area (Å²) in [5.41, 5.74) is 0.814. The number of amides is 2. The van der Waals surface area contributed by atoms with Gasteiger partial charge < -0.3 is 10.6 Å². The first-order chi connectivity index (χ1) is 11.5. The molecule has 5 heteroatoms. The third-order valence-electron chi connectivity index (χ3n) is 4.36. The zero-order valence-corrected chi connectivity index (χ0v) is 13.4. The number of hydrogen-bond acceptors (Lipinski definition) is 2. The van der Waals surface area contributed by atoms with Crippen LogP contribution in [0, 0.1) is 11.2 Å². The van der Waals surface area contributed by atoms with E-state index in [0.717, 1.165) is 6.42 Å². The largest absolute Gasteiger partial charge is 0.325 e. The predicted molar refractivity (Wildman–Crippen MR) is 91.1 cm³/mol. The maximum absolute atomic E-state index is 13.7. The van der Waals surface area contributed by atoms with E-state index in [1.165, 1.54) is 17.7 Å². The van der Waals surface area contributed by atoms with Gasteiger partial charge in [0, 0.05) is 5.69 Å². The van der Waals surface area contributed by atoms with E-state index < -0.39 is 17.1 Å². The fourth-order valence-corrected chi connectivity index (χ4v) is 2.56. The summed E-state index contributed by atoms with van der Waals surface area (Å²) in [6.45, 7) is 2.06. The molecule has 0 spiro atoms. The van der Waals surface area contributed by atoms with E-state index >= 15 is 0 Å². The summed E-state index contributed by atoms with van der Waals surface area (Å²) in [6, 6.07) is 13.4. The standard InChI is InChI=1S/C19H19FN2O2/c1-2-13-7-9-14(10-8-13)21-17(23)19(11-12-19)18(24)22-16-6-4-3-5-15(16)20/h3-10H,2,11-12H2,1H3,(H,21,23)(H,22,24). The van der Waals surface area contributed by atoms with Gasteiger partial charge in [-0.25, -0.2) is 4.39 Å². The minimum atomic E-state index is -1.11. The van der Waals surface area contributed by atoms with Gasteiger partial charge in [-0.1, -0.05) is 31.2 Å². The molecule has 3 rings (SSSR count).